The minimum atomic E-state index is -0.407. The molecule has 26 heavy (non-hydrogen) atoms. The van der Waals surface area contributed by atoms with E-state index in [0.717, 1.165) is 10.1 Å². The molecule has 0 aliphatic heterocycles. The second-order valence-electron chi connectivity index (χ2n) is 4.95. The average Bonchev–Trinajstić information content (AvgIpc) is 3.30. The standard InChI is InChI=1S/C16H13ClN4O2S3/c17-12-6-2-1-5-11(12)14(23)18-8-13(22)19-15-20-21-16(26-15)25-9-10-4-3-7-24-10/h1-7H,8-9H2,(H,18,23)(H,19,20,22). The molecule has 2 N–H and O–H groups in total. The number of anilines is 1. The Bertz CT molecular complexity index is 899. The monoisotopic (exact) mass is 424 g/mol. The molecule has 2 heterocycles. The number of halogens is 1. The number of hydrogen-bond acceptors (Lipinski definition) is 7. The van der Waals surface area contributed by atoms with Crippen LogP contribution in [-0.2, 0) is 10.5 Å². The Morgan fingerprint density at radius 3 is 2.77 bits per heavy atom. The van der Waals surface area contributed by atoms with Gasteiger partial charge >= 0.3 is 0 Å². The quantitative estimate of drug-likeness (QED) is 0.443. The van der Waals surface area contributed by atoms with E-state index >= 15 is 0 Å². The van der Waals surface area contributed by atoms with Crippen LogP contribution in [0.4, 0.5) is 5.13 Å². The maximum absolute atomic E-state index is 12.0. The van der Waals surface area contributed by atoms with Crippen molar-refractivity contribution >= 4 is 63.0 Å². The van der Waals surface area contributed by atoms with Gasteiger partial charge in [-0.25, -0.2) is 0 Å². The molecule has 2 amide bonds. The van der Waals surface area contributed by atoms with E-state index in [1.807, 2.05) is 11.4 Å². The summed E-state index contributed by atoms with van der Waals surface area (Å²) in [7, 11) is 0. The van der Waals surface area contributed by atoms with E-state index in [0.29, 0.717) is 15.7 Å². The molecule has 2 aromatic heterocycles. The maximum atomic E-state index is 12.0. The molecule has 0 atom stereocenters. The summed E-state index contributed by atoms with van der Waals surface area (Å²) in [5, 5.41) is 15.9. The van der Waals surface area contributed by atoms with Crippen molar-refractivity contribution in [3.05, 3.63) is 57.2 Å². The number of aromatic nitrogens is 2. The van der Waals surface area contributed by atoms with E-state index in [2.05, 4.69) is 26.9 Å². The summed E-state index contributed by atoms with van der Waals surface area (Å²) in [5.74, 6) is 0.0280. The SMILES string of the molecule is O=C(CNC(=O)c1ccccc1Cl)Nc1nnc(SCc2cccs2)s1. The van der Waals surface area contributed by atoms with Gasteiger partial charge in [0.25, 0.3) is 5.91 Å². The first-order valence-electron chi connectivity index (χ1n) is 7.43. The number of nitrogens with one attached hydrogen (secondary N) is 2. The van der Waals surface area contributed by atoms with Crippen LogP contribution in [0.5, 0.6) is 0 Å². The van der Waals surface area contributed by atoms with Crippen molar-refractivity contribution in [1.82, 2.24) is 15.5 Å². The van der Waals surface area contributed by atoms with Crippen LogP contribution in [0.15, 0.2) is 46.1 Å². The predicted octanol–water partition coefficient (Wildman–Crippen LogP) is 3.91. The van der Waals surface area contributed by atoms with Gasteiger partial charge in [0.05, 0.1) is 17.1 Å². The van der Waals surface area contributed by atoms with E-state index in [9.17, 15) is 9.59 Å². The number of nitrogens with zero attached hydrogens (tertiary/aromatic N) is 2. The highest BCUT2D eigenvalue weighted by Crippen LogP contribution is 2.29. The first kappa shape index (κ1) is 18.8. The number of thiophene rings is 1. The number of hydrogen-bond donors (Lipinski definition) is 2. The number of carbonyl (C=O) groups is 2. The molecule has 10 heteroatoms. The minimum Gasteiger partial charge on any atom is -0.343 e. The lowest BCUT2D eigenvalue weighted by Gasteiger charge is -2.06. The van der Waals surface area contributed by atoms with E-state index in [4.69, 9.17) is 11.6 Å². The van der Waals surface area contributed by atoms with E-state index < -0.39 is 5.91 Å². The maximum Gasteiger partial charge on any atom is 0.253 e. The predicted molar refractivity (Wildman–Crippen MR) is 106 cm³/mol. The fraction of sp³-hybridized carbons (Fsp3) is 0.125. The van der Waals surface area contributed by atoms with Crippen molar-refractivity contribution in [2.24, 2.45) is 0 Å². The zero-order valence-corrected chi connectivity index (χ0v) is 16.5. The van der Waals surface area contributed by atoms with Gasteiger partial charge in [-0.2, -0.15) is 0 Å². The van der Waals surface area contributed by atoms with E-state index in [1.165, 1.54) is 16.2 Å². The first-order chi connectivity index (χ1) is 12.6. The molecule has 0 bridgehead atoms. The molecule has 0 aliphatic carbocycles. The Morgan fingerprint density at radius 1 is 1.15 bits per heavy atom. The summed E-state index contributed by atoms with van der Waals surface area (Å²) in [6.45, 7) is -0.179. The van der Waals surface area contributed by atoms with Gasteiger partial charge in [-0.15, -0.1) is 21.5 Å². The van der Waals surface area contributed by atoms with Crippen LogP contribution in [0.3, 0.4) is 0 Å². The minimum absolute atomic E-state index is 0.179. The van der Waals surface area contributed by atoms with E-state index in [-0.39, 0.29) is 12.5 Å². The zero-order valence-electron chi connectivity index (χ0n) is 13.3. The Balaban J connectivity index is 1.46. The highest BCUT2D eigenvalue weighted by Gasteiger charge is 2.13. The summed E-state index contributed by atoms with van der Waals surface area (Å²) in [6.07, 6.45) is 0. The lowest BCUT2D eigenvalue weighted by molar-refractivity contribution is -0.115. The lowest BCUT2D eigenvalue weighted by Crippen LogP contribution is -2.32. The van der Waals surface area contributed by atoms with Gasteiger partial charge in [-0.3, -0.25) is 14.9 Å². The Hall–Kier alpha value is -1.94. The van der Waals surface area contributed by atoms with Crippen molar-refractivity contribution < 1.29 is 9.59 Å². The van der Waals surface area contributed by atoms with Crippen molar-refractivity contribution in [3.63, 3.8) is 0 Å². The molecule has 0 aliphatic rings. The van der Waals surface area contributed by atoms with Crippen molar-refractivity contribution in [2.45, 2.75) is 10.1 Å². The number of amides is 2. The summed E-state index contributed by atoms with van der Waals surface area (Å²) in [5.41, 5.74) is 0.324. The van der Waals surface area contributed by atoms with Gasteiger partial charge in [-0.05, 0) is 23.6 Å². The molecule has 3 rings (SSSR count). The Kier molecular flexibility index (Phi) is 6.62. The second kappa shape index (κ2) is 9.13. The van der Waals surface area contributed by atoms with Crippen LogP contribution in [0.1, 0.15) is 15.2 Å². The van der Waals surface area contributed by atoms with Crippen molar-refractivity contribution in [3.8, 4) is 0 Å². The fourth-order valence-corrected chi connectivity index (χ4v) is 4.67. The molecule has 6 nitrogen and oxygen atoms in total. The van der Waals surface area contributed by atoms with Crippen molar-refractivity contribution in [1.29, 1.82) is 0 Å². The summed E-state index contributed by atoms with van der Waals surface area (Å²) in [6, 6.07) is 10.7. The van der Waals surface area contributed by atoms with Crippen LogP contribution in [-0.4, -0.2) is 28.6 Å². The second-order valence-corrected chi connectivity index (χ2v) is 8.59. The fourth-order valence-electron chi connectivity index (χ4n) is 1.91. The normalized spacial score (nSPS) is 10.5. The molecule has 0 fully saturated rings. The van der Waals surface area contributed by atoms with Gasteiger partial charge in [0.2, 0.25) is 11.0 Å². The number of carbonyl (C=O) groups excluding carboxylic acids is 2. The number of benzene rings is 1. The van der Waals surface area contributed by atoms with Gasteiger partial charge in [-0.1, -0.05) is 52.9 Å². The third-order valence-corrected chi connectivity index (χ3v) is 6.51. The van der Waals surface area contributed by atoms with E-state index in [1.54, 1.807) is 47.4 Å². The Labute approximate surface area is 167 Å². The topological polar surface area (TPSA) is 84.0 Å². The van der Waals surface area contributed by atoms with Crippen LogP contribution in [0, 0.1) is 0 Å². The molecule has 0 unspecified atom stereocenters. The zero-order chi connectivity index (χ0) is 18.4. The van der Waals surface area contributed by atoms with Crippen LogP contribution >= 0.6 is 46.0 Å². The largest absolute Gasteiger partial charge is 0.343 e. The summed E-state index contributed by atoms with van der Waals surface area (Å²) in [4.78, 5) is 25.2. The molecule has 3 aromatic rings. The summed E-state index contributed by atoms with van der Waals surface area (Å²) >= 11 is 10.5. The highest BCUT2D eigenvalue weighted by atomic mass is 35.5. The smallest absolute Gasteiger partial charge is 0.253 e. The third kappa shape index (κ3) is 5.28. The molecule has 134 valence electrons. The molecule has 0 saturated carbocycles. The number of rotatable bonds is 7. The third-order valence-electron chi connectivity index (χ3n) is 3.10. The lowest BCUT2D eigenvalue weighted by atomic mass is 10.2. The molecule has 0 saturated heterocycles. The van der Waals surface area contributed by atoms with Crippen molar-refractivity contribution in [2.75, 3.05) is 11.9 Å². The highest BCUT2D eigenvalue weighted by molar-refractivity contribution is 8.00. The molecule has 0 radical (unpaired) electrons. The molecule has 0 spiro atoms. The van der Waals surface area contributed by atoms with Crippen LogP contribution in [0.25, 0.3) is 0 Å². The first-order valence-corrected chi connectivity index (χ1v) is 10.5. The van der Waals surface area contributed by atoms with Gasteiger partial charge in [0.1, 0.15) is 0 Å². The Morgan fingerprint density at radius 2 is 2.00 bits per heavy atom. The van der Waals surface area contributed by atoms with Gasteiger partial charge < -0.3 is 5.32 Å². The molecule has 1 aromatic carbocycles. The average molecular weight is 425 g/mol. The van der Waals surface area contributed by atoms with Crippen LogP contribution < -0.4 is 10.6 Å². The molecular formula is C16H13ClN4O2S3. The van der Waals surface area contributed by atoms with Crippen LogP contribution in [0.2, 0.25) is 5.02 Å². The summed E-state index contributed by atoms with van der Waals surface area (Å²) < 4.78 is 0.772. The number of thioether (sulfide) groups is 1. The van der Waals surface area contributed by atoms with Gasteiger partial charge in [0.15, 0.2) is 4.34 Å². The molecular weight excluding hydrogens is 412 g/mol. The van der Waals surface area contributed by atoms with Gasteiger partial charge in [0, 0.05) is 10.6 Å².